The van der Waals surface area contributed by atoms with Crippen LogP contribution in [0.3, 0.4) is 0 Å². The number of nitrogens with zero attached hydrogens (tertiary/aromatic N) is 3. The van der Waals surface area contributed by atoms with Crippen molar-refractivity contribution in [1.29, 1.82) is 0 Å². The van der Waals surface area contributed by atoms with E-state index in [1.54, 1.807) is 0 Å². The lowest BCUT2D eigenvalue weighted by atomic mass is 10.0. The van der Waals surface area contributed by atoms with Crippen LogP contribution in [0.1, 0.15) is 43.0 Å². The van der Waals surface area contributed by atoms with E-state index in [-0.39, 0.29) is 12.1 Å². The monoisotopic (exact) mass is 470 g/mol. The summed E-state index contributed by atoms with van der Waals surface area (Å²) in [6, 6.07) is 11.7. The number of benzene rings is 2. The Balaban J connectivity index is 1.66. The number of hydrogen-bond acceptors (Lipinski definition) is 7. The first-order chi connectivity index (χ1) is 15.2. The molecule has 2 aromatic carbocycles. The molecule has 1 N–H and O–H groups in total. The lowest BCUT2D eigenvalue weighted by Gasteiger charge is -2.14. The van der Waals surface area contributed by atoms with Crippen molar-refractivity contribution >= 4 is 28.1 Å². The Morgan fingerprint density at radius 3 is 2.75 bits per heavy atom. The van der Waals surface area contributed by atoms with Gasteiger partial charge in [0.1, 0.15) is 15.8 Å². The number of nitrogens with one attached hydrogen (secondary N) is 1. The van der Waals surface area contributed by atoms with Gasteiger partial charge in [-0.2, -0.15) is 0 Å². The van der Waals surface area contributed by atoms with Gasteiger partial charge in [0, 0.05) is 22.7 Å². The fraction of sp³-hybridized carbons (Fsp3) is 0.348. The number of hydrogen-bond donors (Lipinski definition) is 1. The van der Waals surface area contributed by atoms with Gasteiger partial charge in [-0.15, -0.1) is 10.2 Å². The second kappa shape index (κ2) is 9.09. The summed E-state index contributed by atoms with van der Waals surface area (Å²) in [6.45, 7) is 8.05. The molecule has 0 radical (unpaired) electrons. The zero-order valence-electron chi connectivity index (χ0n) is 18.3. The van der Waals surface area contributed by atoms with Crippen LogP contribution < -0.4 is 9.46 Å². The van der Waals surface area contributed by atoms with E-state index in [0.717, 1.165) is 56.4 Å². The molecule has 0 spiro atoms. The van der Waals surface area contributed by atoms with E-state index in [0.29, 0.717) is 6.54 Å². The predicted molar refractivity (Wildman–Crippen MR) is 129 cm³/mol. The molecule has 0 fully saturated rings. The molecule has 1 aromatic heterocycles. The fourth-order valence-electron chi connectivity index (χ4n) is 4.01. The predicted octanol–water partition coefficient (Wildman–Crippen LogP) is 4.40. The Morgan fingerprint density at radius 1 is 1.25 bits per heavy atom. The van der Waals surface area contributed by atoms with Gasteiger partial charge >= 0.3 is 0 Å². The van der Waals surface area contributed by atoms with Gasteiger partial charge in [-0.1, -0.05) is 29.5 Å². The summed E-state index contributed by atoms with van der Waals surface area (Å²) in [4.78, 5) is 4.02. The van der Waals surface area contributed by atoms with E-state index in [1.165, 1.54) is 17.6 Å². The van der Waals surface area contributed by atoms with Crippen LogP contribution in [-0.4, -0.2) is 37.7 Å². The van der Waals surface area contributed by atoms with Crippen LogP contribution in [0.25, 0.3) is 21.1 Å². The Hall–Kier alpha value is -2.62. The second-order valence-electron chi connectivity index (χ2n) is 8.14. The Morgan fingerprint density at radius 2 is 2.03 bits per heavy atom. The van der Waals surface area contributed by atoms with Gasteiger partial charge in [-0.25, -0.2) is 13.1 Å². The van der Waals surface area contributed by atoms with Gasteiger partial charge in [0.15, 0.2) is 0 Å². The van der Waals surface area contributed by atoms with Crippen molar-refractivity contribution in [1.82, 2.24) is 14.9 Å². The molecule has 7 nitrogen and oxygen atoms in total. The van der Waals surface area contributed by atoms with E-state index in [9.17, 15) is 8.42 Å². The Bertz CT molecular complexity index is 1250. The molecule has 1 aliphatic rings. The first-order valence-corrected chi connectivity index (χ1v) is 13.1. The molecular formula is C23H26N4O3S2. The quantitative estimate of drug-likeness (QED) is 0.493. The molecule has 0 saturated heterocycles. The minimum atomic E-state index is -3.28. The molecule has 0 unspecified atom stereocenters. The third-order valence-corrected chi connectivity index (χ3v) is 6.95. The van der Waals surface area contributed by atoms with Gasteiger partial charge in [0.2, 0.25) is 10.0 Å². The normalized spacial score (nSPS) is 15.7. The number of ether oxygens (including phenoxy) is 1. The smallest absolute Gasteiger partial charge is 0.209 e. The number of aliphatic imine (C=N–C) groups is 1. The molecule has 4 rings (SSSR count). The summed E-state index contributed by atoms with van der Waals surface area (Å²) < 4.78 is 32.1. The molecule has 0 aliphatic heterocycles. The molecule has 1 aliphatic carbocycles. The maximum atomic E-state index is 11.7. The highest BCUT2D eigenvalue weighted by atomic mass is 32.2. The summed E-state index contributed by atoms with van der Waals surface area (Å²) in [5.74, 6) is 0.797. The van der Waals surface area contributed by atoms with E-state index in [4.69, 9.17) is 4.74 Å². The topological polar surface area (TPSA) is 93.5 Å². The number of rotatable bonds is 8. The van der Waals surface area contributed by atoms with Crippen molar-refractivity contribution in [2.45, 2.75) is 45.4 Å². The summed E-state index contributed by atoms with van der Waals surface area (Å²) >= 11 is 1.52. The van der Waals surface area contributed by atoms with Crippen LogP contribution in [0.15, 0.2) is 41.4 Å². The maximum Gasteiger partial charge on any atom is 0.209 e. The van der Waals surface area contributed by atoms with Gasteiger partial charge in [-0.3, -0.25) is 4.99 Å². The lowest BCUT2D eigenvalue weighted by Crippen LogP contribution is -2.25. The third-order valence-electron chi connectivity index (χ3n) is 5.23. The van der Waals surface area contributed by atoms with Crippen LogP contribution in [0.5, 0.6) is 5.75 Å². The SMILES string of the molecule is C=NCc1cc(-c2nnc(-c3cccc4c3CC[C@@H]4NS(C)(=O)=O)s2)ccc1OC(C)C. The highest BCUT2D eigenvalue weighted by molar-refractivity contribution is 7.88. The minimum Gasteiger partial charge on any atom is -0.491 e. The molecule has 3 aromatic rings. The van der Waals surface area contributed by atoms with Gasteiger partial charge in [0.25, 0.3) is 0 Å². The van der Waals surface area contributed by atoms with Crippen molar-refractivity contribution in [3.8, 4) is 26.9 Å². The molecule has 0 amide bonds. The highest BCUT2D eigenvalue weighted by Crippen LogP contribution is 2.40. The van der Waals surface area contributed by atoms with Crippen molar-refractivity contribution in [3.63, 3.8) is 0 Å². The molecule has 168 valence electrons. The van der Waals surface area contributed by atoms with Crippen LogP contribution in [0, 0.1) is 0 Å². The fourth-order valence-corrected chi connectivity index (χ4v) is 5.66. The molecule has 32 heavy (non-hydrogen) atoms. The van der Waals surface area contributed by atoms with E-state index in [1.807, 2.05) is 50.2 Å². The average molecular weight is 471 g/mol. The summed E-state index contributed by atoms with van der Waals surface area (Å²) in [7, 11) is -3.28. The van der Waals surface area contributed by atoms with Crippen molar-refractivity contribution in [2.75, 3.05) is 6.26 Å². The largest absolute Gasteiger partial charge is 0.491 e. The second-order valence-corrected chi connectivity index (χ2v) is 10.9. The van der Waals surface area contributed by atoms with Gasteiger partial charge in [0.05, 0.1) is 18.9 Å². The van der Waals surface area contributed by atoms with Crippen molar-refractivity contribution < 1.29 is 13.2 Å². The summed E-state index contributed by atoms with van der Waals surface area (Å²) in [5, 5.41) is 10.5. The lowest BCUT2D eigenvalue weighted by molar-refractivity contribution is 0.240. The number of fused-ring (bicyclic) bond motifs is 1. The van der Waals surface area contributed by atoms with Gasteiger partial charge < -0.3 is 4.74 Å². The first kappa shape index (κ1) is 22.6. The van der Waals surface area contributed by atoms with Crippen LogP contribution >= 0.6 is 11.3 Å². The minimum absolute atomic E-state index is 0.0683. The standard InChI is InChI=1S/C23H26N4O3S2/c1-14(2)30-21-11-8-15(12-16(21)13-24-3)22-25-26-23(31-22)19-7-5-6-18-17(19)9-10-20(18)27-32(4,28)29/h5-8,11-12,14,20,27H,3,9-10,13H2,1-2,4H3/t20-/m0/s1. The maximum absolute atomic E-state index is 11.7. The van der Waals surface area contributed by atoms with E-state index in [2.05, 4.69) is 26.6 Å². The molecule has 0 bridgehead atoms. The van der Waals surface area contributed by atoms with Crippen molar-refractivity contribution in [2.24, 2.45) is 4.99 Å². The molecule has 1 atom stereocenters. The number of aromatic nitrogens is 2. The first-order valence-electron chi connectivity index (χ1n) is 10.4. The molecule has 1 heterocycles. The van der Waals surface area contributed by atoms with E-state index >= 15 is 0 Å². The molecule has 0 saturated carbocycles. The Labute approximate surface area is 192 Å². The average Bonchev–Trinajstić information content (AvgIpc) is 3.36. The highest BCUT2D eigenvalue weighted by Gasteiger charge is 2.28. The van der Waals surface area contributed by atoms with Crippen LogP contribution in [0.2, 0.25) is 0 Å². The third kappa shape index (κ3) is 4.90. The van der Waals surface area contributed by atoms with E-state index < -0.39 is 10.0 Å². The van der Waals surface area contributed by atoms with Crippen LogP contribution in [-0.2, 0) is 23.0 Å². The van der Waals surface area contributed by atoms with Gasteiger partial charge in [-0.05, 0) is 62.7 Å². The summed E-state index contributed by atoms with van der Waals surface area (Å²) in [5.41, 5.74) is 5.07. The Kier molecular flexibility index (Phi) is 6.41. The molecular weight excluding hydrogens is 444 g/mol. The van der Waals surface area contributed by atoms with Crippen LogP contribution in [0.4, 0.5) is 0 Å². The van der Waals surface area contributed by atoms with Crippen molar-refractivity contribution in [3.05, 3.63) is 53.1 Å². The number of sulfonamides is 1. The zero-order valence-corrected chi connectivity index (χ0v) is 20.0. The summed E-state index contributed by atoms with van der Waals surface area (Å²) in [6.07, 6.45) is 2.79. The molecule has 9 heteroatoms. The zero-order chi connectivity index (χ0) is 22.9.